The molecule has 0 saturated carbocycles. The molecule has 0 bridgehead atoms. The number of hydrazone groups is 1. The first-order chi connectivity index (χ1) is 12.2. The fourth-order valence-electron chi connectivity index (χ4n) is 2.04. The Morgan fingerprint density at radius 3 is 2.24 bits per heavy atom. The van der Waals surface area contributed by atoms with Crippen molar-refractivity contribution in [3.05, 3.63) is 53.6 Å². The minimum atomic E-state index is -0.351. The predicted molar refractivity (Wildman–Crippen MR) is 96.8 cm³/mol. The molecule has 0 atom stereocenters. The molecule has 2 rings (SSSR count). The molecule has 0 fully saturated rings. The van der Waals surface area contributed by atoms with Gasteiger partial charge in [-0.15, -0.1) is 0 Å². The van der Waals surface area contributed by atoms with Gasteiger partial charge in [-0.25, -0.2) is 5.43 Å². The summed E-state index contributed by atoms with van der Waals surface area (Å²) < 4.78 is 15.8. The maximum absolute atomic E-state index is 12.2. The maximum atomic E-state index is 12.2. The van der Waals surface area contributed by atoms with E-state index in [-0.39, 0.29) is 5.91 Å². The number of amides is 1. The zero-order valence-corrected chi connectivity index (χ0v) is 14.6. The topological polar surface area (TPSA) is 69.2 Å². The second-order valence-electron chi connectivity index (χ2n) is 5.22. The SMILES string of the molecule is CCCOc1ccc(/C=N/NC(=O)c2cc(OC)cc(OC)c2)cc1. The molecule has 1 N–H and O–H groups in total. The Labute approximate surface area is 147 Å². The first-order valence-electron chi connectivity index (χ1n) is 7.95. The number of carbonyl (C=O) groups is 1. The smallest absolute Gasteiger partial charge is 0.271 e. The molecule has 0 aliphatic rings. The normalized spacial score (nSPS) is 10.5. The highest BCUT2D eigenvalue weighted by atomic mass is 16.5. The Morgan fingerprint density at radius 1 is 1.04 bits per heavy atom. The van der Waals surface area contributed by atoms with Crippen molar-refractivity contribution < 1.29 is 19.0 Å². The van der Waals surface area contributed by atoms with E-state index in [4.69, 9.17) is 14.2 Å². The minimum absolute atomic E-state index is 0.351. The number of hydrogen-bond donors (Lipinski definition) is 1. The fourth-order valence-corrected chi connectivity index (χ4v) is 2.04. The second kappa shape index (κ2) is 9.32. The van der Waals surface area contributed by atoms with Crippen LogP contribution in [0, 0.1) is 0 Å². The lowest BCUT2D eigenvalue weighted by atomic mass is 10.2. The lowest BCUT2D eigenvalue weighted by Crippen LogP contribution is -2.17. The van der Waals surface area contributed by atoms with Crippen LogP contribution in [-0.2, 0) is 0 Å². The number of hydrogen-bond acceptors (Lipinski definition) is 5. The molecule has 132 valence electrons. The number of carbonyl (C=O) groups excluding carboxylic acids is 1. The molecule has 0 heterocycles. The lowest BCUT2D eigenvalue weighted by Gasteiger charge is -2.07. The van der Waals surface area contributed by atoms with E-state index in [0.717, 1.165) is 17.7 Å². The first-order valence-corrected chi connectivity index (χ1v) is 7.95. The summed E-state index contributed by atoms with van der Waals surface area (Å²) in [7, 11) is 3.06. The lowest BCUT2D eigenvalue weighted by molar-refractivity contribution is 0.0954. The van der Waals surface area contributed by atoms with E-state index in [2.05, 4.69) is 17.5 Å². The van der Waals surface area contributed by atoms with Crippen molar-refractivity contribution in [1.82, 2.24) is 5.43 Å². The largest absolute Gasteiger partial charge is 0.497 e. The molecular weight excluding hydrogens is 320 g/mol. The predicted octanol–water partition coefficient (Wildman–Crippen LogP) is 3.26. The van der Waals surface area contributed by atoms with Crippen LogP contribution in [0.5, 0.6) is 17.2 Å². The third-order valence-corrected chi connectivity index (χ3v) is 3.35. The molecule has 2 aromatic carbocycles. The van der Waals surface area contributed by atoms with Crippen LogP contribution in [0.15, 0.2) is 47.6 Å². The summed E-state index contributed by atoms with van der Waals surface area (Å²) in [4.78, 5) is 12.2. The molecule has 0 aromatic heterocycles. The third-order valence-electron chi connectivity index (χ3n) is 3.35. The van der Waals surface area contributed by atoms with E-state index in [1.807, 2.05) is 24.3 Å². The van der Waals surface area contributed by atoms with Crippen LogP contribution in [0.1, 0.15) is 29.3 Å². The van der Waals surface area contributed by atoms with Crippen LogP contribution < -0.4 is 19.6 Å². The number of nitrogens with zero attached hydrogens (tertiary/aromatic N) is 1. The Bertz CT molecular complexity index is 704. The second-order valence-corrected chi connectivity index (χ2v) is 5.22. The van der Waals surface area contributed by atoms with E-state index in [9.17, 15) is 4.79 Å². The molecule has 1 amide bonds. The van der Waals surface area contributed by atoms with Gasteiger partial charge in [0.2, 0.25) is 0 Å². The van der Waals surface area contributed by atoms with Crippen LogP contribution in [0.25, 0.3) is 0 Å². The highest BCUT2D eigenvalue weighted by molar-refractivity contribution is 5.95. The van der Waals surface area contributed by atoms with Crippen LogP contribution in [-0.4, -0.2) is 32.9 Å². The molecular formula is C19H22N2O4. The van der Waals surface area contributed by atoms with Crippen molar-refractivity contribution >= 4 is 12.1 Å². The number of methoxy groups -OCH3 is 2. The van der Waals surface area contributed by atoms with E-state index < -0.39 is 0 Å². The van der Waals surface area contributed by atoms with Gasteiger partial charge in [0.1, 0.15) is 17.2 Å². The van der Waals surface area contributed by atoms with E-state index in [1.54, 1.807) is 24.4 Å². The van der Waals surface area contributed by atoms with Gasteiger partial charge in [0.15, 0.2) is 0 Å². The quantitative estimate of drug-likeness (QED) is 0.590. The Morgan fingerprint density at radius 2 is 1.68 bits per heavy atom. The van der Waals surface area contributed by atoms with Gasteiger partial charge in [0.25, 0.3) is 5.91 Å². The van der Waals surface area contributed by atoms with Gasteiger partial charge in [0, 0.05) is 11.6 Å². The summed E-state index contributed by atoms with van der Waals surface area (Å²) in [6.07, 6.45) is 2.53. The van der Waals surface area contributed by atoms with Gasteiger partial charge >= 0.3 is 0 Å². The van der Waals surface area contributed by atoms with Gasteiger partial charge in [-0.1, -0.05) is 6.92 Å². The first kappa shape index (κ1) is 18.3. The average molecular weight is 342 g/mol. The van der Waals surface area contributed by atoms with E-state index >= 15 is 0 Å². The van der Waals surface area contributed by atoms with Crippen molar-refractivity contribution in [3.63, 3.8) is 0 Å². The Hall–Kier alpha value is -3.02. The van der Waals surface area contributed by atoms with E-state index in [1.165, 1.54) is 14.2 Å². The minimum Gasteiger partial charge on any atom is -0.497 e. The average Bonchev–Trinajstić information content (AvgIpc) is 2.66. The molecule has 0 radical (unpaired) electrons. The highest BCUT2D eigenvalue weighted by Gasteiger charge is 2.09. The molecule has 6 nitrogen and oxygen atoms in total. The van der Waals surface area contributed by atoms with Gasteiger partial charge in [-0.05, 0) is 48.4 Å². The maximum Gasteiger partial charge on any atom is 0.271 e. The summed E-state index contributed by atoms with van der Waals surface area (Å²) in [5.41, 5.74) is 3.74. The number of rotatable bonds is 8. The zero-order chi connectivity index (χ0) is 18.1. The molecule has 6 heteroatoms. The standard InChI is InChI=1S/C19H22N2O4/c1-4-9-25-16-7-5-14(6-8-16)13-20-21-19(22)15-10-17(23-2)12-18(11-15)24-3/h5-8,10-13H,4,9H2,1-3H3,(H,21,22)/b20-13+. The zero-order valence-electron chi connectivity index (χ0n) is 14.6. The summed E-state index contributed by atoms with van der Waals surface area (Å²) in [6, 6.07) is 12.4. The van der Waals surface area contributed by atoms with Gasteiger partial charge < -0.3 is 14.2 Å². The van der Waals surface area contributed by atoms with Crippen LogP contribution in [0.2, 0.25) is 0 Å². The Balaban J connectivity index is 1.98. The van der Waals surface area contributed by atoms with E-state index in [0.29, 0.717) is 23.7 Å². The molecule has 0 saturated heterocycles. The molecule has 0 aliphatic heterocycles. The van der Waals surface area contributed by atoms with Crippen molar-refractivity contribution in [3.8, 4) is 17.2 Å². The van der Waals surface area contributed by atoms with Crippen molar-refractivity contribution in [2.75, 3.05) is 20.8 Å². The molecule has 0 unspecified atom stereocenters. The molecule has 0 spiro atoms. The summed E-state index contributed by atoms with van der Waals surface area (Å²) in [6.45, 7) is 2.75. The summed E-state index contributed by atoms with van der Waals surface area (Å²) >= 11 is 0. The Kier molecular flexibility index (Phi) is 6.83. The van der Waals surface area contributed by atoms with Gasteiger partial charge in [-0.2, -0.15) is 5.10 Å². The summed E-state index contributed by atoms with van der Waals surface area (Å²) in [5, 5.41) is 3.97. The monoisotopic (exact) mass is 342 g/mol. The van der Waals surface area contributed by atoms with Gasteiger partial charge in [-0.3, -0.25) is 4.79 Å². The van der Waals surface area contributed by atoms with Crippen molar-refractivity contribution in [1.29, 1.82) is 0 Å². The highest BCUT2D eigenvalue weighted by Crippen LogP contribution is 2.22. The van der Waals surface area contributed by atoms with Crippen LogP contribution in [0.3, 0.4) is 0 Å². The summed E-state index contributed by atoms with van der Waals surface area (Å²) in [5.74, 6) is 1.54. The number of ether oxygens (including phenoxy) is 3. The van der Waals surface area contributed by atoms with Crippen LogP contribution >= 0.6 is 0 Å². The van der Waals surface area contributed by atoms with Crippen molar-refractivity contribution in [2.24, 2.45) is 5.10 Å². The number of benzene rings is 2. The van der Waals surface area contributed by atoms with Crippen LogP contribution in [0.4, 0.5) is 0 Å². The third kappa shape index (κ3) is 5.53. The van der Waals surface area contributed by atoms with Gasteiger partial charge in [0.05, 0.1) is 27.0 Å². The molecule has 2 aromatic rings. The van der Waals surface area contributed by atoms with Crippen molar-refractivity contribution in [2.45, 2.75) is 13.3 Å². The molecule has 25 heavy (non-hydrogen) atoms. The fraction of sp³-hybridized carbons (Fsp3) is 0.263. The molecule has 0 aliphatic carbocycles. The number of nitrogens with one attached hydrogen (secondary N) is 1.